The Morgan fingerprint density at radius 2 is 1.80 bits per heavy atom. The molecule has 2 nitrogen and oxygen atoms in total. The van der Waals surface area contributed by atoms with Crippen LogP contribution < -0.4 is 0 Å². The van der Waals surface area contributed by atoms with E-state index in [9.17, 15) is 5.11 Å². The van der Waals surface area contributed by atoms with Crippen molar-refractivity contribution in [1.29, 1.82) is 0 Å². The minimum atomic E-state index is 0.00475. The van der Waals surface area contributed by atoms with E-state index in [-0.39, 0.29) is 6.10 Å². The topological polar surface area (TPSA) is 23.5 Å². The van der Waals surface area contributed by atoms with Crippen molar-refractivity contribution in [2.24, 2.45) is 11.3 Å². The van der Waals surface area contributed by atoms with E-state index in [2.05, 4.69) is 4.90 Å². The predicted octanol–water partition coefficient (Wildman–Crippen LogP) is 2.02. The van der Waals surface area contributed by atoms with Crippen LogP contribution in [0, 0.1) is 11.3 Å². The van der Waals surface area contributed by atoms with Crippen molar-refractivity contribution < 1.29 is 5.11 Å². The molecule has 0 aromatic carbocycles. The third-order valence-corrected chi connectivity index (χ3v) is 4.89. The number of hydrogen-bond donors (Lipinski definition) is 1. The SMILES string of the molecule is OC1CCCC1CN1CC2(CCCC2)C1. The van der Waals surface area contributed by atoms with Crippen molar-refractivity contribution in [2.45, 2.75) is 51.0 Å². The summed E-state index contributed by atoms with van der Waals surface area (Å²) in [6, 6.07) is 0. The molecule has 15 heavy (non-hydrogen) atoms. The van der Waals surface area contributed by atoms with Gasteiger partial charge in [0, 0.05) is 19.6 Å². The van der Waals surface area contributed by atoms with Crippen LogP contribution in [0.2, 0.25) is 0 Å². The molecule has 1 heterocycles. The van der Waals surface area contributed by atoms with E-state index in [1.807, 2.05) is 0 Å². The highest BCUT2D eigenvalue weighted by Gasteiger charge is 2.45. The summed E-state index contributed by atoms with van der Waals surface area (Å²) in [4.78, 5) is 2.59. The standard InChI is InChI=1S/C13H23NO/c15-12-5-3-4-11(12)8-14-9-13(10-14)6-1-2-7-13/h11-12,15H,1-10H2. The van der Waals surface area contributed by atoms with Crippen LogP contribution in [-0.4, -0.2) is 35.7 Å². The quantitative estimate of drug-likeness (QED) is 0.752. The highest BCUT2D eigenvalue weighted by molar-refractivity contribution is 4.98. The summed E-state index contributed by atoms with van der Waals surface area (Å²) in [5, 5.41) is 9.79. The Bertz CT molecular complexity index is 227. The highest BCUT2D eigenvalue weighted by atomic mass is 16.3. The van der Waals surface area contributed by atoms with Crippen LogP contribution in [0.15, 0.2) is 0 Å². The smallest absolute Gasteiger partial charge is 0.0580 e. The Labute approximate surface area is 92.7 Å². The minimum Gasteiger partial charge on any atom is -0.393 e. The van der Waals surface area contributed by atoms with Crippen molar-refractivity contribution in [1.82, 2.24) is 4.90 Å². The van der Waals surface area contributed by atoms with Crippen LogP contribution in [0.4, 0.5) is 0 Å². The van der Waals surface area contributed by atoms with E-state index in [1.54, 1.807) is 0 Å². The Balaban J connectivity index is 1.47. The second kappa shape index (κ2) is 3.74. The normalized spacial score (nSPS) is 39.8. The molecular formula is C13H23NO. The van der Waals surface area contributed by atoms with E-state index in [0.29, 0.717) is 5.92 Å². The molecule has 1 saturated heterocycles. The van der Waals surface area contributed by atoms with Crippen LogP contribution in [0.3, 0.4) is 0 Å². The lowest BCUT2D eigenvalue weighted by Gasteiger charge is -2.49. The first-order valence-electron chi connectivity index (χ1n) is 6.68. The molecule has 86 valence electrons. The van der Waals surface area contributed by atoms with E-state index >= 15 is 0 Å². The van der Waals surface area contributed by atoms with Crippen molar-refractivity contribution >= 4 is 0 Å². The fourth-order valence-corrected chi connectivity index (χ4v) is 4.03. The maximum Gasteiger partial charge on any atom is 0.0580 e. The second-order valence-electron chi connectivity index (χ2n) is 6.14. The van der Waals surface area contributed by atoms with Crippen LogP contribution in [0.1, 0.15) is 44.9 Å². The number of hydrogen-bond acceptors (Lipinski definition) is 2. The molecule has 0 amide bonds. The Morgan fingerprint density at radius 1 is 1.07 bits per heavy atom. The van der Waals surface area contributed by atoms with Crippen LogP contribution in [0.25, 0.3) is 0 Å². The van der Waals surface area contributed by atoms with Crippen LogP contribution >= 0.6 is 0 Å². The molecule has 3 fully saturated rings. The lowest BCUT2D eigenvalue weighted by Crippen LogP contribution is -2.56. The predicted molar refractivity (Wildman–Crippen MR) is 60.7 cm³/mol. The minimum absolute atomic E-state index is 0.00475. The molecule has 2 unspecified atom stereocenters. The third-order valence-electron chi connectivity index (χ3n) is 4.89. The number of aliphatic hydroxyl groups excluding tert-OH is 1. The van der Waals surface area contributed by atoms with Crippen molar-refractivity contribution in [3.8, 4) is 0 Å². The third kappa shape index (κ3) is 1.83. The summed E-state index contributed by atoms with van der Waals surface area (Å²) in [5.41, 5.74) is 0.726. The van der Waals surface area contributed by atoms with Gasteiger partial charge in [0.1, 0.15) is 0 Å². The summed E-state index contributed by atoms with van der Waals surface area (Å²) in [7, 11) is 0. The zero-order valence-electron chi connectivity index (χ0n) is 9.62. The van der Waals surface area contributed by atoms with E-state index in [4.69, 9.17) is 0 Å². The lowest BCUT2D eigenvalue weighted by molar-refractivity contribution is -0.0182. The van der Waals surface area contributed by atoms with Gasteiger partial charge in [-0.25, -0.2) is 0 Å². The molecule has 0 radical (unpaired) electrons. The lowest BCUT2D eigenvalue weighted by atomic mass is 9.78. The van der Waals surface area contributed by atoms with Gasteiger partial charge in [0.2, 0.25) is 0 Å². The number of nitrogens with zero attached hydrogens (tertiary/aromatic N) is 1. The molecule has 2 aliphatic carbocycles. The first kappa shape index (κ1) is 10.1. The molecule has 1 N–H and O–H groups in total. The molecule has 2 saturated carbocycles. The number of rotatable bonds is 2. The largest absolute Gasteiger partial charge is 0.393 e. The number of aliphatic hydroxyl groups is 1. The van der Waals surface area contributed by atoms with Crippen molar-refractivity contribution in [3.05, 3.63) is 0 Å². The van der Waals surface area contributed by atoms with Gasteiger partial charge in [-0.05, 0) is 37.0 Å². The zero-order valence-corrected chi connectivity index (χ0v) is 9.62. The molecule has 0 aromatic rings. The Kier molecular flexibility index (Phi) is 2.52. The van der Waals surface area contributed by atoms with Gasteiger partial charge in [0.25, 0.3) is 0 Å². The molecule has 1 spiro atoms. The number of likely N-dealkylation sites (tertiary alicyclic amines) is 1. The van der Waals surface area contributed by atoms with E-state index < -0.39 is 0 Å². The summed E-state index contributed by atoms with van der Waals surface area (Å²) < 4.78 is 0. The Hall–Kier alpha value is -0.0800. The van der Waals surface area contributed by atoms with Crippen LogP contribution in [0.5, 0.6) is 0 Å². The first-order valence-corrected chi connectivity index (χ1v) is 6.68. The van der Waals surface area contributed by atoms with Gasteiger partial charge < -0.3 is 10.0 Å². The molecule has 2 atom stereocenters. The summed E-state index contributed by atoms with van der Waals surface area (Å²) in [6.45, 7) is 3.83. The van der Waals surface area contributed by atoms with Gasteiger partial charge in [-0.3, -0.25) is 0 Å². The zero-order chi connectivity index (χ0) is 10.3. The molecule has 1 aliphatic heterocycles. The summed E-state index contributed by atoms with van der Waals surface area (Å²) in [6.07, 6.45) is 9.40. The summed E-state index contributed by atoms with van der Waals surface area (Å²) in [5.74, 6) is 0.587. The van der Waals surface area contributed by atoms with E-state index in [0.717, 1.165) is 11.8 Å². The maximum atomic E-state index is 9.79. The van der Waals surface area contributed by atoms with Gasteiger partial charge in [-0.15, -0.1) is 0 Å². The van der Waals surface area contributed by atoms with Gasteiger partial charge in [-0.1, -0.05) is 19.3 Å². The molecule has 0 aromatic heterocycles. The van der Waals surface area contributed by atoms with Crippen molar-refractivity contribution in [2.75, 3.05) is 19.6 Å². The van der Waals surface area contributed by atoms with Gasteiger partial charge >= 0.3 is 0 Å². The van der Waals surface area contributed by atoms with Gasteiger partial charge in [-0.2, -0.15) is 0 Å². The van der Waals surface area contributed by atoms with Gasteiger partial charge in [0.05, 0.1) is 6.10 Å². The fraction of sp³-hybridized carbons (Fsp3) is 1.00. The molecular weight excluding hydrogens is 186 g/mol. The van der Waals surface area contributed by atoms with Crippen LogP contribution in [-0.2, 0) is 0 Å². The Morgan fingerprint density at radius 3 is 2.40 bits per heavy atom. The van der Waals surface area contributed by atoms with Gasteiger partial charge in [0.15, 0.2) is 0 Å². The van der Waals surface area contributed by atoms with E-state index in [1.165, 1.54) is 58.2 Å². The molecule has 3 aliphatic rings. The molecule has 3 rings (SSSR count). The summed E-state index contributed by atoms with van der Waals surface area (Å²) >= 11 is 0. The highest BCUT2D eigenvalue weighted by Crippen LogP contribution is 2.46. The first-order chi connectivity index (χ1) is 7.27. The average molecular weight is 209 g/mol. The monoisotopic (exact) mass is 209 g/mol. The molecule has 0 bridgehead atoms. The van der Waals surface area contributed by atoms with Crippen molar-refractivity contribution in [3.63, 3.8) is 0 Å². The molecule has 2 heteroatoms. The second-order valence-corrected chi connectivity index (χ2v) is 6.14. The fourth-order valence-electron chi connectivity index (χ4n) is 4.03. The average Bonchev–Trinajstić information content (AvgIpc) is 2.75. The maximum absolute atomic E-state index is 9.79.